The van der Waals surface area contributed by atoms with E-state index in [0.29, 0.717) is 16.8 Å². The van der Waals surface area contributed by atoms with E-state index in [2.05, 4.69) is 10.5 Å². The second kappa shape index (κ2) is 5.88. The largest absolute Gasteiger partial charge is 0.409 e. The molecular formula is C15H15N3O2. The highest BCUT2D eigenvalue weighted by Gasteiger charge is 2.06. The molecule has 2 aromatic rings. The molecule has 0 heterocycles. The number of oxime groups is 1. The summed E-state index contributed by atoms with van der Waals surface area (Å²) in [5, 5.41) is 14.3. The summed E-state index contributed by atoms with van der Waals surface area (Å²) in [5.41, 5.74) is 8.32. The van der Waals surface area contributed by atoms with Crippen molar-refractivity contribution in [3.05, 3.63) is 65.2 Å². The zero-order valence-electron chi connectivity index (χ0n) is 11.0. The molecule has 0 fully saturated rings. The van der Waals surface area contributed by atoms with Gasteiger partial charge < -0.3 is 16.3 Å². The van der Waals surface area contributed by atoms with Crippen LogP contribution in [-0.4, -0.2) is 17.0 Å². The average molecular weight is 269 g/mol. The number of anilines is 1. The molecule has 0 aromatic heterocycles. The van der Waals surface area contributed by atoms with Crippen molar-refractivity contribution < 1.29 is 10.0 Å². The summed E-state index contributed by atoms with van der Waals surface area (Å²) in [6.45, 7) is 1.93. The number of hydrogen-bond donors (Lipinski definition) is 3. The van der Waals surface area contributed by atoms with Crippen LogP contribution in [0.5, 0.6) is 0 Å². The number of aryl methyl sites for hydroxylation is 1. The minimum Gasteiger partial charge on any atom is -0.409 e. The standard InChI is InChI=1S/C15H15N3O2/c1-10-3-2-4-12(9-10)15(19)17-13-7-5-11(6-8-13)14(16)18-20/h2-9,20H,1H3,(H2,16,18)(H,17,19). The Morgan fingerprint density at radius 2 is 1.85 bits per heavy atom. The number of amidine groups is 1. The lowest BCUT2D eigenvalue weighted by atomic mass is 10.1. The molecule has 20 heavy (non-hydrogen) atoms. The number of nitrogens with zero attached hydrogens (tertiary/aromatic N) is 1. The van der Waals surface area contributed by atoms with Gasteiger partial charge in [-0.05, 0) is 43.3 Å². The molecule has 0 aliphatic carbocycles. The summed E-state index contributed by atoms with van der Waals surface area (Å²) in [7, 11) is 0. The van der Waals surface area contributed by atoms with Crippen molar-refractivity contribution in [2.75, 3.05) is 5.32 Å². The van der Waals surface area contributed by atoms with Gasteiger partial charge in [0, 0.05) is 16.8 Å². The molecule has 0 atom stereocenters. The predicted molar refractivity (Wildman–Crippen MR) is 78.1 cm³/mol. The van der Waals surface area contributed by atoms with E-state index in [1.54, 1.807) is 30.3 Å². The van der Waals surface area contributed by atoms with Crippen LogP contribution in [0.4, 0.5) is 5.69 Å². The first-order valence-corrected chi connectivity index (χ1v) is 6.06. The molecule has 0 spiro atoms. The summed E-state index contributed by atoms with van der Waals surface area (Å²) in [5.74, 6) is -0.146. The zero-order chi connectivity index (χ0) is 14.5. The zero-order valence-corrected chi connectivity index (χ0v) is 11.0. The van der Waals surface area contributed by atoms with Gasteiger partial charge in [0.05, 0.1) is 0 Å². The van der Waals surface area contributed by atoms with Crippen molar-refractivity contribution >= 4 is 17.4 Å². The summed E-state index contributed by atoms with van der Waals surface area (Å²) in [4.78, 5) is 12.0. The Labute approximate surface area is 116 Å². The van der Waals surface area contributed by atoms with Gasteiger partial charge in [0.2, 0.25) is 0 Å². The smallest absolute Gasteiger partial charge is 0.255 e. The molecular weight excluding hydrogens is 254 g/mol. The van der Waals surface area contributed by atoms with Gasteiger partial charge in [-0.2, -0.15) is 0 Å². The second-order valence-corrected chi connectivity index (χ2v) is 4.39. The van der Waals surface area contributed by atoms with Gasteiger partial charge in [-0.15, -0.1) is 0 Å². The first-order valence-electron chi connectivity index (χ1n) is 6.06. The van der Waals surface area contributed by atoms with Crippen LogP contribution < -0.4 is 11.1 Å². The monoisotopic (exact) mass is 269 g/mol. The SMILES string of the molecule is Cc1cccc(C(=O)Nc2ccc(/C(N)=N/O)cc2)c1. The van der Waals surface area contributed by atoms with Crippen LogP contribution in [0.15, 0.2) is 53.7 Å². The Morgan fingerprint density at radius 1 is 1.15 bits per heavy atom. The van der Waals surface area contributed by atoms with Crippen LogP contribution in [0.25, 0.3) is 0 Å². The second-order valence-electron chi connectivity index (χ2n) is 4.39. The number of carbonyl (C=O) groups is 1. The fourth-order valence-corrected chi connectivity index (χ4v) is 1.77. The lowest BCUT2D eigenvalue weighted by Crippen LogP contribution is -2.14. The number of amides is 1. The number of nitrogens with one attached hydrogen (secondary N) is 1. The third kappa shape index (κ3) is 3.14. The molecule has 0 saturated heterocycles. The van der Waals surface area contributed by atoms with Gasteiger partial charge in [-0.1, -0.05) is 22.9 Å². The highest BCUT2D eigenvalue weighted by molar-refractivity contribution is 6.04. The summed E-state index contributed by atoms with van der Waals surface area (Å²) in [6.07, 6.45) is 0. The topological polar surface area (TPSA) is 87.7 Å². The van der Waals surface area contributed by atoms with Gasteiger partial charge in [0.1, 0.15) is 0 Å². The highest BCUT2D eigenvalue weighted by Crippen LogP contribution is 2.12. The van der Waals surface area contributed by atoms with E-state index in [-0.39, 0.29) is 11.7 Å². The molecule has 0 bridgehead atoms. The van der Waals surface area contributed by atoms with Crippen LogP contribution in [-0.2, 0) is 0 Å². The Balaban J connectivity index is 2.12. The summed E-state index contributed by atoms with van der Waals surface area (Å²) in [6, 6.07) is 14.1. The fourth-order valence-electron chi connectivity index (χ4n) is 1.77. The van der Waals surface area contributed by atoms with Gasteiger partial charge >= 0.3 is 0 Å². The van der Waals surface area contributed by atoms with Crippen LogP contribution in [0, 0.1) is 6.92 Å². The van der Waals surface area contributed by atoms with Gasteiger partial charge in [0.15, 0.2) is 5.84 Å². The molecule has 0 aliphatic heterocycles. The maximum absolute atomic E-state index is 12.0. The maximum Gasteiger partial charge on any atom is 0.255 e. The first-order chi connectivity index (χ1) is 9.60. The van der Waals surface area contributed by atoms with Crippen molar-refractivity contribution in [1.29, 1.82) is 0 Å². The van der Waals surface area contributed by atoms with Crippen LogP contribution in [0.3, 0.4) is 0 Å². The molecule has 0 aliphatic rings. The quantitative estimate of drug-likeness (QED) is 0.346. The molecule has 2 rings (SSSR count). The lowest BCUT2D eigenvalue weighted by Gasteiger charge is -2.06. The highest BCUT2D eigenvalue weighted by atomic mass is 16.4. The van der Waals surface area contributed by atoms with E-state index < -0.39 is 0 Å². The summed E-state index contributed by atoms with van der Waals surface area (Å²) < 4.78 is 0. The van der Waals surface area contributed by atoms with E-state index in [1.807, 2.05) is 25.1 Å². The number of rotatable bonds is 3. The van der Waals surface area contributed by atoms with Crippen molar-refractivity contribution in [1.82, 2.24) is 0 Å². The molecule has 5 heteroatoms. The molecule has 4 N–H and O–H groups in total. The van der Waals surface area contributed by atoms with Crippen molar-refractivity contribution in [3.63, 3.8) is 0 Å². The van der Waals surface area contributed by atoms with E-state index in [4.69, 9.17) is 10.9 Å². The Morgan fingerprint density at radius 3 is 2.45 bits per heavy atom. The minimum atomic E-state index is -0.176. The normalized spacial score (nSPS) is 11.2. The predicted octanol–water partition coefficient (Wildman–Crippen LogP) is 2.34. The molecule has 5 nitrogen and oxygen atoms in total. The molecule has 102 valence electrons. The van der Waals surface area contributed by atoms with Crippen LogP contribution in [0.1, 0.15) is 21.5 Å². The molecule has 0 unspecified atom stereocenters. The Kier molecular flexibility index (Phi) is 4.00. The molecule has 1 amide bonds. The third-order valence-electron chi connectivity index (χ3n) is 2.83. The molecule has 2 aromatic carbocycles. The number of nitrogens with two attached hydrogens (primary N) is 1. The van der Waals surface area contributed by atoms with Gasteiger partial charge in [-0.25, -0.2) is 0 Å². The summed E-state index contributed by atoms with van der Waals surface area (Å²) >= 11 is 0. The number of carbonyl (C=O) groups excluding carboxylic acids is 1. The van der Waals surface area contributed by atoms with Crippen molar-refractivity contribution in [2.24, 2.45) is 10.9 Å². The lowest BCUT2D eigenvalue weighted by molar-refractivity contribution is 0.102. The van der Waals surface area contributed by atoms with E-state index in [0.717, 1.165) is 5.56 Å². The Hall–Kier alpha value is -2.82. The fraction of sp³-hybridized carbons (Fsp3) is 0.0667. The molecule has 0 radical (unpaired) electrons. The van der Waals surface area contributed by atoms with Crippen LogP contribution >= 0.6 is 0 Å². The van der Waals surface area contributed by atoms with Crippen molar-refractivity contribution in [3.8, 4) is 0 Å². The minimum absolute atomic E-state index is 0.0292. The van der Waals surface area contributed by atoms with Gasteiger partial charge in [0.25, 0.3) is 5.91 Å². The van der Waals surface area contributed by atoms with Gasteiger partial charge in [-0.3, -0.25) is 4.79 Å². The first kappa shape index (κ1) is 13.6. The number of benzene rings is 2. The number of hydrogen-bond acceptors (Lipinski definition) is 3. The Bertz CT molecular complexity index is 648. The molecule has 0 saturated carbocycles. The van der Waals surface area contributed by atoms with E-state index in [9.17, 15) is 4.79 Å². The average Bonchev–Trinajstić information content (AvgIpc) is 2.47. The van der Waals surface area contributed by atoms with E-state index >= 15 is 0 Å². The van der Waals surface area contributed by atoms with Crippen molar-refractivity contribution in [2.45, 2.75) is 6.92 Å². The van der Waals surface area contributed by atoms with E-state index in [1.165, 1.54) is 0 Å². The third-order valence-corrected chi connectivity index (χ3v) is 2.83. The maximum atomic E-state index is 12.0. The van der Waals surface area contributed by atoms with Crippen LogP contribution in [0.2, 0.25) is 0 Å².